The fourth-order valence-corrected chi connectivity index (χ4v) is 8.12. The van der Waals surface area contributed by atoms with Crippen LogP contribution in [0.2, 0.25) is 0 Å². The highest BCUT2D eigenvalue weighted by molar-refractivity contribution is 6.01. The average molecular weight is 431 g/mol. The van der Waals surface area contributed by atoms with Crippen LogP contribution in [0.5, 0.6) is 0 Å². The molecule has 0 bridgehead atoms. The Morgan fingerprint density at radius 3 is 2.81 bits per heavy atom. The number of hydrogen-bond acceptors (Lipinski definition) is 6. The second-order valence-electron chi connectivity index (χ2n) is 10.7. The number of ketones is 2. The molecule has 1 aliphatic heterocycles. The van der Waals surface area contributed by atoms with E-state index in [1.165, 1.54) is 0 Å². The van der Waals surface area contributed by atoms with Crippen molar-refractivity contribution < 1.29 is 29.3 Å². The van der Waals surface area contributed by atoms with Gasteiger partial charge in [-0.25, -0.2) is 0 Å². The fraction of sp³-hybridized carbons (Fsp3) is 0.760. The van der Waals surface area contributed by atoms with E-state index < -0.39 is 36.1 Å². The number of ether oxygens (including phenoxy) is 2. The first-order valence-corrected chi connectivity index (χ1v) is 11.8. The standard InChI is InChI=1S/C25H34O6/c1-4-5-21-30-20-11-17-16-7-6-14-10-15(27)8-9-23(14,2)22(16)18(28)12-24(17,3)25(20,31-21)19(29)13-26/h8-10,16-18,20-22,26,28H,4-7,11-13H2,1-3H3/t16?,17-,18-,20+,21?,22?,23?,24?,25+/m0/s1. The summed E-state index contributed by atoms with van der Waals surface area (Å²) >= 11 is 0. The van der Waals surface area contributed by atoms with Gasteiger partial charge in [0.2, 0.25) is 0 Å². The second kappa shape index (κ2) is 7.08. The number of rotatable bonds is 4. The van der Waals surface area contributed by atoms with Crippen LogP contribution in [0, 0.1) is 28.6 Å². The lowest BCUT2D eigenvalue weighted by Gasteiger charge is -2.59. The molecule has 6 nitrogen and oxygen atoms in total. The predicted octanol–water partition coefficient (Wildman–Crippen LogP) is 2.72. The normalized spacial score (nSPS) is 50.4. The van der Waals surface area contributed by atoms with E-state index in [9.17, 15) is 19.8 Å². The number of carbonyl (C=O) groups is 2. The molecule has 5 aliphatic rings. The molecule has 0 aromatic rings. The van der Waals surface area contributed by atoms with Crippen LogP contribution in [0.4, 0.5) is 0 Å². The average Bonchev–Trinajstić information content (AvgIpc) is 3.20. The lowest BCUT2D eigenvalue weighted by molar-refractivity contribution is -0.200. The number of hydrogen-bond donors (Lipinski definition) is 2. The monoisotopic (exact) mass is 430 g/mol. The molecule has 1 saturated heterocycles. The smallest absolute Gasteiger partial charge is 0.193 e. The molecule has 0 aromatic heterocycles. The molecule has 170 valence electrons. The van der Waals surface area contributed by atoms with E-state index in [0.29, 0.717) is 19.3 Å². The Bertz CT molecular complexity index is 862. The molecule has 9 atom stereocenters. The minimum absolute atomic E-state index is 0.0125. The Labute approximate surface area is 183 Å². The summed E-state index contributed by atoms with van der Waals surface area (Å²) in [4.78, 5) is 25.2. The summed E-state index contributed by atoms with van der Waals surface area (Å²) in [5.41, 5.74) is -1.05. The van der Waals surface area contributed by atoms with Crippen molar-refractivity contribution in [2.45, 2.75) is 83.4 Å². The zero-order valence-corrected chi connectivity index (χ0v) is 18.7. The van der Waals surface area contributed by atoms with E-state index >= 15 is 0 Å². The molecule has 3 saturated carbocycles. The molecule has 1 heterocycles. The molecule has 31 heavy (non-hydrogen) atoms. The summed E-state index contributed by atoms with van der Waals surface area (Å²) in [6.45, 7) is 5.67. The molecule has 6 heteroatoms. The molecule has 4 aliphatic carbocycles. The molecule has 2 N–H and O–H groups in total. The van der Waals surface area contributed by atoms with Crippen LogP contribution in [0.1, 0.15) is 59.3 Å². The van der Waals surface area contributed by atoms with Crippen molar-refractivity contribution in [1.29, 1.82) is 0 Å². The van der Waals surface area contributed by atoms with Gasteiger partial charge in [0.1, 0.15) is 6.61 Å². The van der Waals surface area contributed by atoms with Crippen LogP contribution in [0.3, 0.4) is 0 Å². The molecule has 0 aromatic carbocycles. The van der Waals surface area contributed by atoms with Crippen LogP contribution in [0.15, 0.2) is 23.8 Å². The van der Waals surface area contributed by atoms with Gasteiger partial charge in [0.05, 0.1) is 12.2 Å². The third-order valence-corrected chi connectivity index (χ3v) is 9.37. The first kappa shape index (κ1) is 21.5. The first-order chi connectivity index (χ1) is 14.7. The van der Waals surface area contributed by atoms with Crippen molar-refractivity contribution in [3.8, 4) is 0 Å². The third-order valence-electron chi connectivity index (χ3n) is 9.37. The molecule has 4 fully saturated rings. The van der Waals surface area contributed by atoms with E-state index in [-0.39, 0.29) is 34.7 Å². The Kier molecular flexibility index (Phi) is 4.91. The summed E-state index contributed by atoms with van der Waals surface area (Å²) in [5, 5.41) is 21.4. The Balaban J connectivity index is 1.55. The Morgan fingerprint density at radius 1 is 1.32 bits per heavy atom. The maximum atomic E-state index is 13.2. The summed E-state index contributed by atoms with van der Waals surface area (Å²) < 4.78 is 12.7. The molecular formula is C25H34O6. The summed E-state index contributed by atoms with van der Waals surface area (Å²) in [6, 6.07) is 0. The number of carbonyl (C=O) groups excluding carboxylic acids is 2. The largest absolute Gasteiger partial charge is 0.393 e. The quantitative estimate of drug-likeness (QED) is 0.712. The van der Waals surface area contributed by atoms with Crippen LogP contribution in [0.25, 0.3) is 0 Å². The highest BCUT2D eigenvalue weighted by Crippen LogP contribution is 2.69. The third kappa shape index (κ3) is 2.65. The van der Waals surface area contributed by atoms with E-state index in [2.05, 4.69) is 20.8 Å². The maximum absolute atomic E-state index is 13.2. The van der Waals surface area contributed by atoms with Gasteiger partial charge in [-0.1, -0.05) is 38.8 Å². The van der Waals surface area contributed by atoms with Crippen LogP contribution < -0.4 is 0 Å². The maximum Gasteiger partial charge on any atom is 0.193 e. The topological polar surface area (TPSA) is 93.1 Å². The number of allylic oxidation sites excluding steroid dienone is 4. The zero-order chi connectivity index (χ0) is 22.2. The Hall–Kier alpha value is -1.34. The van der Waals surface area contributed by atoms with Gasteiger partial charge in [-0.05, 0) is 56.1 Å². The number of Topliss-reactive ketones (excluding diaryl/α,β-unsaturated/α-hetero) is 1. The minimum Gasteiger partial charge on any atom is -0.393 e. The minimum atomic E-state index is -1.20. The summed E-state index contributed by atoms with van der Waals surface area (Å²) in [7, 11) is 0. The van der Waals surface area contributed by atoms with E-state index in [1.54, 1.807) is 12.2 Å². The zero-order valence-electron chi connectivity index (χ0n) is 18.7. The molecule has 0 amide bonds. The van der Waals surface area contributed by atoms with Crippen molar-refractivity contribution in [3.63, 3.8) is 0 Å². The van der Waals surface area contributed by atoms with Gasteiger partial charge in [0, 0.05) is 16.7 Å². The van der Waals surface area contributed by atoms with Gasteiger partial charge in [-0.2, -0.15) is 0 Å². The van der Waals surface area contributed by atoms with Gasteiger partial charge in [-0.3, -0.25) is 9.59 Å². The van der Waals surface area contributed by atoms with Gasteiger partial charge in [0.15, 0.2) is 23.5 Å². The van der Waals surface area contributed by atoms with Crippen LogP contribution in [-0.4, -0.2) is 52.5 Å². The van der Waals surface area contributed by atoms with Gasteiger partial charge >= 0.3 is 0 Å². The highest BCUT2D eigenvalue weighted by atomic mass is 16.7. The fourth-order valence-electron chi connectivity index (χ4n) is 8.12. The molecule has 0 spiro atoms. The van der Waals surface area contributed by atoms with Crippen molar-refractivity contribution >= 4 is 11.6 Å². The molecular weight excluding hydrogens is 396 g/mol. The van der Waals surface area contributed by atoms with Crippen molar-refractivity contribution in [2.75, 3.05) is 6.61 Å². The van der Waals surface area contributed by atoms with Gasteiger partial charge in [-0.15, -0.1) is 0 Å². The number of fused-ring (bicyclic) bond motifs is 7. The summed E-state index contributed by atoms with van der Waals surface area (Å²) in [6.07, 6.45) is 8.31. The first-order valence-electron chi connectivity index (χ1n) is 11.8. The van der Waals surface area contributed by atoms with Crippen LogP contribution >= 0.6 is 0 Å². The van der Waals surface area contributed by atoms with Crippen molar-refractivity contribution in [1.82, 2.24) is 0 Å². The van der Waals surface area contributed by atoms with Crippen molar-refractivity contribution in [2.24, 2.45) is 28.6 Å². The number of aliphatic hydroxyl groups is 2. The van der Waals surface area contributed by atoms with E-state index in [4.69, 9.17) is 9.47 Å². The van der Waals surface area contributed by atoms with Crippen molar-refractivity contribution in [3.05, 3.63) is 23.8 Å². The van der Waals surface area contributed by atoms with Gasteiger partial charge in [0.25, 0.3) is 0 Å². The number of aliphatic hydroxyl groups excluding tert-OH is 2. The lowest BCUT2D eigenvalue weighted by atomic mass is 9.46. The molecule has 5 rings (SSSR count). The van der Waals surface area contributed by atoms with Crippen LogP contribution in [-0.2, 0) is 19.1 Å². The SMILES string of the molecule is CCCC1O[C@@H]2C[C@H]3C4CCC5=CC(=O)C=CC5(C)C4[C@@H](O)CC3(C)[C@]2(C(=O)CO)O1. The highest BCUT2D eigenvalue weighted by Gasteiger charge is 2.75. The second-order valence-corrected chi connectivity index (χ2v) is 10.7. The van der Waals surface area contributed by atoms with E-state index in [0.717, 1.165) is 24.8 Å². The predicted molar refractivity (Wildman–Crippen MR) is 113 cm³/mol. The molecule has 0 radical (unpaired) electrons. The lowest BCUT2D eigenvalue weighted by Crippen LogP contribution is -2.63. The molecule has 5 unspecified atom stereocenters. The van der Waals surface area contributed by atoms with Gasteiger partial charge < -0.3 is 19.7 Å². The summed E-state index contributed by atoms with van der Waals surface area (Å²) in [5.74, 6) is 0.0274. The Morgan fingerprint density at radius 2 is 2.10 bits per heavy atom. The van der Waals surface area contributed by atoms with E-state index in [1.807, 2.05) is 6.08 Å².